The van der Waals surface area contributed by atoms with Crippen molar-refractivity contribution in [3.05, 3.63) is 69.1 Å². The Morgan fingerprint density at radius 3 is 2.61 bits per heavy atom. The minimum absolute atomic E-state index is 0.0893. The van der Waals surface area contributed by atoms with Gasteiger partial charge in [0.15, 0.2) is 11.5 Å². The molecule has 4 N–H and O–H groups in total. The van der Waals surface area contributed by atoms with Gasteiger partial charge in [0.2, 0.25) is 0 Å². The summed E-state index contributed by atoms with van der Waals surface area (Å²) >= 11 is 12.6. The van der Waals surface area contributed by atoms with Crippen molar-refractivity contribution < 1.29 is 14.6 Å². The maximum atomic E-state index is 9.47. The van der Waals surface area contributed by atoms with E-state index in [4.69, 9.17) is 43.8 Å². The summed E-state index contributed by atoms with van der Waals surface area (Å²) in [7, 11) is 1.51. The SMILES string of the molecule is COc1cc(N)c(C(=N)c2ccc(N3CC(O)C3)nc2)cc1OCc1c(Cl)cnc(C)c1Cl. The van der Waals surface area contributed by atoms with Gasteiger partial charge in [-0.05, 0) is 25.1 Å². The van der Waals surface area contributed by atoms with Crippen molar-refractivity contribution >= 4 is 40.4 Å². The molecule has 0 amide bonds. The van der Waals surface area contributed by atoms with Crippen LogP contribution < -0.4 is 20.1 Å². The molecule has 1 aromatic carbocycles. The molecule has 0 bridgehead atoms. The molecule has 2 aromatic heterocycles. The first-order chi connectivity index (χ1) is 15.8. The predicted molar refractivity (Wildman–Crippen MR) is 129 cm³/mol. The monoisotopic (exact) mass is 487 g/mol. The third-order valence-electron chi connectivity index (χ3n) is 5.44. The fourth-order valence-corrected chi connectivity index (χ4v) is 3.93. The molecule has 0 aliphatic carbocycles. The topological polar surface area (TPSA) is 118 Å². The Hall–Kier alpha value is -3.07. The molecule has 3 heterocycles. The number of pyridine rings is 2. The highest BCUT2D eigenvalue weighted by Gasteiger charge is 2.25. The van der Waals surface area contributed by atoms with Crippen LogP contribution >= 0.6 is 23.2 Å². The number of nitrogen functional groups attached to an aromatic ring is 1. The third kappa shape index (κ3) is 4.68. The first-order valence-corrected chi connectivity index (χ1v) is 10.9. The Labute approximate surface area is 201 Å². The van der Waals surface area contributed by atoms with E-state index in [1.807, 2.05) is 11.0 Å². The zero-order valence-electron chi connectivity index (χ0n) is 18.1. The minimum Gasteiger partial charge on any atom is -0.493 e. The van der Waals surface area contributed by atoms with E-state index in [9.17, 15) is 5.11 Å². The van der Waals surface area contributed by atoms with Crippen molar-refractivity contribution in [2.24, 2.45) is 0 Å². The van der Waals surface area contributed by atoms with E-state index in [1.54, 1.807) is 31.3 Å². The lowest BCUT2D eigenvalue weighted by Gasteiger charge is -2.36. The highest BCUT2D eigenvalue weighted by molar-refractivity contribution is 6.36. The van der Waals surface area contributed by atoms with Gasteiger partial charge in [0, 0.05) is 53.9 Å². The van der Waals surface area contributed by atoms with Gasteiger partial charge < -0.3 is 25.2 Å². The average molecular weight is 488 g/mol. The van der Waals surface area contributed by atoms with E-state index in [0.717, 1.165) is 5.82 Å². The zero-order chi connectivity index (χ0) is 23.7. The molecule has 3 aromatic rings. The molecule has 10 heteroatoms. The van der Waals surface area contributed by atoms with Crippen LogP contribution in [0.1, 0.15) is 22.4 Å². The van der Waals surface area contributed by atoms with Gasteiger partial charge in [-0.25, -0.2) is 4.98 Å². The number of nitrogens with one attached hydrogen (secondary N) is 1. The number of aliphatic hydroxyl groups excluding tert-OH is 1. The lowest BCUT2D eigenvalue weighted by molar-refractivity contribution is 0.141. The first-order valence-electron chi connectivity index (χ1n) is 10.2. The standard InChI is InChI=1S/C23H23Cl2N5O3/c1-12-22(25)16(17(24)8-28-12)11-33-20-5-15(18(26)6-19(20)32-2)23(27)13-3-4-21(29-7-13)30-9-14(31)10-30/h3-8,14,27,31H,9-11,26H2,1-2H3. The van der Waals surface area contributed by atoms with E-state index < -0.39 is 0 Å². The van der Waals surface area contributed by atoms with Crippen LogP contribution in [-0.2, 0) is 6.61 Å². The van der Waals surface area contributed by atoms with Crippen molar-refractivity contribution in [2.75, 3.05) is 30.8 Å². The second kappa shape index (κ2) is 9.43. The maximum Gasteiger partial charge on any atom is 0.162 e. The van der Waals surface area contributed by atoms with Gasteiger partial charge in [-0.3, -0.25) is 10.4 Å². The maximum absolute atomic E-state index is 9.47. The lowest BCUT2D eigenvalue weighted by Crippen LogP contribution is -2.51. The van der Waals surface area contributed by atoms with Gasteiger partial charge in [0.1, 0.15) is 12.4 Å². The van der Waals surface area contributed by atoms with E-state index in [0.29, 0.717) is 62.7 Å². The van der Waals surface area contributed by atoms with Crippen molar-refractivity contribution in [3.8, 4) is 11.5 Å². The van der Waals surface area contributed by atoms with Gasteiger partial charge in [-0.2, -0.15) is 0 Å². The normalized spacial score (nSPS) is 13.5. The Bertz CT molecular complexity index is 1200. The molecular weight excluding hydrogens is 465 g/mol. The smallest absolute Gasteiger partial charge is 0.162 e. The second-order valence-corrected chi connectivity index (χ2v) is 8.49. The number of halogens is 2. The molecule has 172 valence electrons. The zero-order valence-corrected chi connectivity index (χ0v) is 19.6. The van der Waals surface area contributed by atoms with E-state index in [2.05, 4.69) is 9.97 Å². The van der Waals surface area contributed by atoms with Crippen LogP contribution in [0.5, 0.6) is 11.5 Å². The van der Waals surface area contributed by atoms with Crippen LogP contribution in [-0.4, -0.2) is 47.1 Å². The summed E-state index contributed by atoms with van der Waals surface area (Å²) in [5.74, 6) is 1.57. The first kappa shape index (κ1) is 23.1. The highest BCUT2D eigenvalue weighted by atomic mass is 35.5. The van der Waals surface area contributed by atoms with Crippen molar-refractivity contribution in [1.29, 1.82) is 5.41 Å². The number of nitrogens with two attached hydrogens (primary N) is 1. The summed E-state index contributed by atoms with van der Waals surface area (Å²) < 4.78 is 11.4. The van der Waals surface area contributed by atoms with Gasteiger partial charge in [0.05, 0.1) is 34.7 Å². The van der Waals surface area contributed by atoms with Crippen molar-refractivity contribution in [2.45, 2.75) is 19.6 Å². The van der Waals surface area contributed by atoms with Gasteiger partial charge in [-0.1, -0.05) is 23.2 Å². The predicted octanol–water partition coefficient (Wildman–Crippen LogP) is 3.86. The summed E-state index contributed by atoms with van der Waals surface area (Å²) in [6.07, 6.45) is 2.83. The quantitative estimate of drug-likeness (QED) is 0.342. The summed E-state index contributed by atoms with van der Waals surface area (Å²) in [5.41, 5.74) is 9.11. The van der Waals surface area contributed by atoms with Gasteiger partial charge in [0.25, 0.3) is 0 Å². The van der Waals surface area contributed by atoms with E-state index >= 15 is 0 Å². The number of ether oxygens (including phenoxy) is 2. The Morgan fingerprint density at radius 2 is 1.97 bits per heavy atom. The Kier molecular flexibility index (Phi) is 6.60. The van der Waals surface area contributed by atoms with Crippen molar-refractivity contribution in [1.82, 2.24) is 9.97 Å². The van der Waals surface area contributed by atoms with Gasteiger partial charge >= 0.3 is 0 Å². The van der Waals surface area contributed by atoms with Crippen LogP contribution in [0.4, 0.5) is 11.5 Å². The molecule has 4 rings (SSSR count). The average Bonchev–Trinajstić information content (AvgIpc) is 2.79. The fraction of sp³-hybridized carbons (Fsp3) is 0.261. The number of benzene rings is 1. The Morgan fingerprint density at radius 1 is 1.21 bits per heavy atom. The summed E-state index contributed by atoms with van der Waals surface area (Å²) in [5, 5.41) is 19.0. The number of β-amino-alcohol motifs (C(OH)–C–C–N with tert-alkyl or cyclic N) is 1. The largest absolute Gasteiger partial charge is 0.493 e. The van der Waals surface area contributed by atoms with Crippen LogP contribution in [0, 0.1) is 12.3 Å². The number of anilines is 2. The van der Waals surface area contributed by atoms with E-state index in [-0.39, 0.29) is 18.4 Å². The summed E-state index contributed by atoms with van der Waals surface area (Å²) in [4.78, 5) is 10.5. The molecule has 8 nitrogen and oxygen atoms in total. The van der Waals surface area contributed by atoms with Crippen molar-refractivity contribution in [3.63, 3.8) is 0 Å². The number of aliphatic hydroxyl groups is 1. The minimum atomic E-state index is -0.317. The molecule has 0 radical (unpaired) electrons. The second-order valence-electron chi connectivity index (χ2n) is 7.70. The lowest BCUT2D eigenvalue weighted by atomic mass is 10.0. The fourth-order valence-electron chi connectivity index (χ4n) is 3.48. The van der Waals surface area contributed by atoms with Crippen LogP contribution in [0.3, 0.4) is 0 Å². The molecule has 33 heavy (non-hydrogen) atoms. The molecule has 0 saturated carbocycles. The van der Waals surface area contributed by atoms with Crippen LogP contribution in [0.2, 0.25) is 10.0 Å². The Balaban J connectivity index is 1.58. The molecule has 0 spiro atoms. The highest BCUT2D eigenvalue weighted by Crippen LogP contribution is 2.35. The van der Waals surface area contributed by atoms with Gasteiger partial charge in [-0.15, -0.1) is 0 Å². The van der Waals surface area contributed by atoms with Crippen LogP contribution in [0.15, 0.2) is 36.7 Å². The molecule has 0 atom stereocenters. The third-order valence-corrected chi connectivity index (χ3v) is 6.27. The molecule has 1 aliphatic heterocycles. The van der Waals surface area contributed by atoms with E-state index in [1.165, 1.54) is 13.3 Å². The number of hydrogen-bond acceptors (Lipinski definition) is 8. The number of nitrogens with zero attached hydrogens (tertiary/aromatic N) is 3. The number of aromatic nitrogens is 2. The number of hydrogen-bond donors (Lipinski definition) is 3. The number of aryl methyl sites for hydroxylation is 1. The molecule has 1 saturated heterocycles. The summed E-state index contributed by atoms with van der Waals surface area (Å²) in [6.45, 7) is 2.99. The molecule has 0 unspecified atom stereocenters. The molecule has 1 fully saturated rings. The molecule has 1 aliphatic rings. The van der Waals surface area contributed by atoms with Crippen LogP contribution in [0.25, 0.3) is 0 Å². The number of methoxy groups -OCH3 is 1. The molecular formula is C23H23Cl2N5O3. The summed E-state index contributed by atoms with van der Waals surface area (Å²) in [6, 6.07) is 6.90. The number of rotatable bonds is 7.